The number of nitrogens with one attached hydrogen (secondary N) is 1. The van der Waals surface area contributed by atoms with Gasteiger partial charge in [-0.2, -0.15) is 0 Å². The van der Waals surface area contributed by atoms with E-state index in [1.807, 2.05) is 0 Å². The number of benzene rings is 2. The topological polar surface area (TPSA) is 97.3 Å². The van der Waals surface area contributed by atoms with E-state index >= 15 is 0 Å². The molecule has 1 unspecified atom stereocenters. The zero-order valence-electron chi connectivity index (χ0n) is 19.1. The van der Waals surface area contributed by atoms with E-state index in [-0.39, 0.29) is 43.6 Å². The Morgan fingerprint density at radius 1 is 1.12 bits per heavy atom. The molecule has 1 fully saturated rings. The molecule has 0 aromatic heterocycles. The molecule has 0 radical (unpaired) electrons. The maximum absolute atomic E-state index is 13.9. The van der Waals surface area contributed by atoms with Crippen LogP contribution in [-0.4, -0.2) is 68.4 Å². The molecule has 2 N–H and O–H groups in total. The molecule has 1 saturated heterocycles. The van der Waals surface area contributed by atoms with E-state index in [2.05, 4.69) is 5.32 Å². The molecule has 34 heavy (non-hydrogen) atoms. The first-order valence-electron chi connectivity index (χ1n) is 10.9. The van der Waals surface area contributed by atoms with Crippen LogP contribution in [0.1, 0.15) is 23.2 Å². The smallest absolute Gasteiger partial charge is 0.256 e. The van der Waals surface area contributed by atoms with Crippen LogP contribution < -0.4 is 19.5 Å². The van der Waals surface area contributed by atoms with Crippen LogP contribution in [0.3, 0.4) is 0 Å². The summed E-state index contributed by atoms with van der Waals surface area (Å²) < 4.78 is 43.1. The van der Waals surface area contributed by atoms with Gasteiger partial charge in [0, 0.05) is 31.6 Å². The molecule has 3 rings (SSSR count). The highest BCUT2D eigenvalue weighted by molar-refractivity contribution is 5.94. The first-order chi connectivity index (χ1) is 16.3. The van der Waals surface area contributed by atoms with Crippen LogP contribution >= 0.6 is 0 Å². The predicted octanol–water partition coefficient (Wildman–Crippen LogP) is 2.39. The second-order valence-electron chi connectivity index (χ2n) is 7.89. The molecule has 1 heterocycles. The average Bonchev–Trinajstić information content (AvgIpc) is 2.85. The third kappa shape index (κ3) is 6.13. The van der Waals surface area contributed by atoms with Crippen LogP contribution in [0.5, 0.6) is 17.2 Å². The second kappa shape index (κ2) is 11.6. The molecule has 1 aliphatic rings. The van der Waals surface area contributed by atoms with Gasteiger partial charge in [-0.25, -0.2) is 8.78 Å². The summed E-state index contributed by atoms with van der Waals surface area (Å²) in [5, 5.41) is 12.9. The van der Waals surface area contributed by atoms with Crippen molar-refractivity contribution >= 4 is 11.8 Å². The van der Waals surface area contributed by atoms with Gasteiger partial charge in [0.2, 0.25) is 11.7 Å². The fraction of sp³-hybridized carbons (Fsp3) is 0.417. The number of aliphatic hydroxyl groups is 1. The molecule has 0 bridgehead atoms. The lowest BCUT2D eigenvalue weighted by Crippen LogP contribution is -2.45. The maximum Gasteiger partial charge on any atom is 0.256 e. The summed E-state index contributed by atoms with van der Waals surface area (Å²) >= 11 is 0. The molecule has 1 aliphatic heterocycles. The molecule has 1 atom stereocenters. The minimum absolute atomic E-state index is 0.0176. The van der Waals surface area contributed by atoms with Crippen molar-refractivity contribution in [2.75, 3.05) is 40.5 Å². The van der Waals surface area contributed by atoms with Crippen molar-refractivity contribution < 1.29 is 37.7 Å². The monoisotopic (exact) mass is 478 g/mol. The Balaban J connectivity index is 1.44. The van der Waals surface area contributed by atoms with Crippen LogP contribution in [0, 0.1) is 17.6 Å². The van der Waals surface area contributed by atoms with Crippen molar-refractivity contribution in [3.63, 3.8) is 0 Å². The number of carbonyl (C=O) groups excluding carboxylic acids is 2. The molecular formula is C24H28F2N2O6. The number of para-hydroxylation sites is 1. The number of ether oxygens (including phenoxy) is 3. The van der Waals surface area contributed by atoms with Gasteiger partial charge < -0.3 is 29.5 Å². The molecule has 10 heteroatoms. The van der Waals surface area contributed by atoms with E-state index in [0.717, 1.165) is 12.1 Å². The number of piperidine rings is 1. The minimum atomic E-state index is -0.971. The third-order valence-corrected chi connectivity index (χ3v) is 5.63. The number of methoxy groups -OCH3 is 2. The molecular weight excluding hydrogens is 450 g/mol. The quantitative estimate of drug-likeness (QED) is 0.575. The Labute approximate surface area is 196 Å². The average molecular weight is 478 g/mol. The van der Waals surface area contributed by atoms with Crippen LogP contribution in [-0.2, 0) is 4.79 Å². The van der Waals surface area contributed by atoms with Gasteiger partial charge in [-0.15, -0.1) is 0 Å². The molecule has 2 aromatic carbocycles. The highest BCUT2D eigenvalue weighted by Crippen LogP contribution is 2.36. The maximum atomic E-state index is 13.9. The fourth-order valence-corrected chi connectivity index (χ4v) is 3.74. The van der Waals surface area contributed by atoms with Crippen molar-refractivity contribution in [3.05, 3.63) is 53.6 Å². The second-order valence-corrected chi connectivity index (χ2v) is 7.89. The van der Waals surface area contributed by atoms with Crippen molar-refractivity contribution in [2.24, 2.45) is 5.92 Å². The normalized spacial score (nSPS) is 14.9. The number of hydrogen-bond acceptors (Lipinski definition) is 6. The minimum Gasteiger partial charge on any atom is -0.493 e. The molecule has 0 saturated carbocycles. The lowest BCUT2D eigenvalue weighted by Gasteiger charge is -2.31. The highest BCUT2D eigenvalue weighted by Gasteiger charge is 2.29. The number of nitrogens with zero attached hydrogens (tertiary/aromatic N) is 1. The Kier molecular flexibility index (Phi) is 8.64. The van der Waals surface area contributed by atoms with E-state index in [4.69, 9.17) is 14.2 Å². The summed E-state index contributed by atoms with van der Waals surface area (Å²) in [4.78, 5) is 26.5. The van der Waals surface area contributed by atoms with Crippen molar-refractivity contribution in [1.82, 2.24) is 10.2 Å². The summed E-state index contributed by atoms with van der Waals surface area (Å²) in [6.07, 6.45) is -0.182. The Morgan fingerprint density at radius 3 is 2.35 bits per heavy atom. The van der Waals surface area contributed by atoms with E-state index < -0.39 is 23.6 Å². The lowest BCUT2D eigenvalue weighted by atomic mass is 9.95. The third-order valence-electron chi connectivity index (χ3n) is 5.63. The van der Waals surface area contributed by atoms with Gasteiger partial charge in [0.15, 0.2) is 11.5 Å². The SMILES string of the molecule is COc1cccc(OC)c1OCC(O)CNC(=O)C1CCN(C(=O)c2ccc(F)cc2F)CC1. The van der Waals surface area contributed by atoms with Crippen molar-refractivity contribution in [1.29, 1.82) is 0 Å². The first-order valence-corrected chi connectivity index (χ1v) is 10.9. The molecule has 0 spiro atoms. The van der Waals surface area contributed by atoms with Crippen LogP contribution in [0.4, 0.5) is 8.78 Å². The van der Waals surface area contributed by atoms with Crippen molar-refractivity contribution in [3.8, 4) is 17.2 Å². The summed E-state index contributed by atoms with van der Waals surface area (Å²) in [5.74, 6) is -1.51. The summed E-state index contributed by atoms with van der Waals surface area (Å²) in [5.41, 5.74) is -0.195. The lowest BCUT2D eigenvalue weighted by molar-refractivity contribution is -0.126. The Morgan fingerprint density at radius 2 is 1.76 bits per heavy atom. The Hall–Kier alpha value is -3.40. The van der Waals surface area contributed by atoms with E-state index in [9.17, 15) is 23.5 Å². The molecule has 184 valence electrons. The van der Waals surface area contributed by atoms with E-state index in [0.29, 0.717) is 36.2 Å². The van der Waals surface area contributed by atoms with E-state index in [1.165, 1.54) is 19.1 Å². The number of halogens is 2. The zero-order valence-corrected chi connectivity index (χ0v) is 19.1. The number of carbonyl (C=O) groups is 2. The highest BCUT2D eigenvalue weighted by atomic mass is 19.1. The predicted molar refractivity (Wildman–Crippen MR) is 119 cm³/mol. The van der Waals surface area contributed by atoms with Gasteiger partial charge in [0.05, 0.1) is 19.8 Å². The van der Waals surface area contributed by atoms with Gasteiger partial charge in [0.1, 0.15) is 24.3 Å². The Bertz CT molecular complexity index is 989. The molecule has 2 aromatic rings. The number of amides is 2. The van der Waals surface area contributed by atoms with Gasteiger partial charge in [-0.05, 0) is 37.1 Å². The summed E-state index contributed by atoms with van der Waals surface area (Å²) in [6, 6.07) is 7.98. The van der Waals surface area contributed by atoms with Gasteiger partial charge >= 0.3 is 0 Å². The van der Waals surface area contributed by atoms with Gasteiger partial charge in [-0.1, -0.05) is 6.07 Å². The van der Waals surface area contributed by atoms with E-state index in [1.54, 1.807) is 18.2 Å². The number of likely N-dealkylation sites (tertiary alicyclic amines) is 1. The fourth-order valence-electron chi connectivity index (χ4n) is 3.74. The summed E-state index contributed by atoms with van der Waals surface area (Å²) in [7, 11) is 2.99. The standard InChI is InChI=1S/C24H28F2N2O6/c1-32-20-4-3-5-21(33-2)22(20)34-14-17(29)13-27-23(30)15-8-10-28(11-9-15)24(31)18-7-6-16(25)12-19(18)26/h3-7,12,15,17,29H,8-11,13-14H2,1-2H3,(H,27,30). The number of hydrogen-bond donors (Lipinski definition) is 2. The first kappa shape index (κ1) is 25.2. The van der Waals surface area contributed by atoms with Crippen molar-refractivity contribution in [2.45, 2.75) is 18.9 Å². The number of rotatable bonds is 9. The molecule has 8 nitrogen and oxygen atoms in total. The summed E-state index contributed by atoms with van der Waals surface area (Å²) in [6.45, 7) is 0.434. The largest absolute Gasteiger partial charge is 0.493 e. The van der Waals surface area contributed by atoms with Gasteiger partial charge in [-0.3, -0.25) is 9.59 Å². The van der Waals surface area contributed by atoms with Gasteiger partial charge in [0.25, 0.3) is 5.91 Å². The molecule has 2 amide bonds. The van der Waals surface area contributed by atoms with Crippen LogP contribution in [0.25, 0.3) is 0 Å². The number of aliphatic hydroxyl groups excluding tert-OH is 1. The molecule has 0 aliphatic carbocycles. The zero-order chi connectivity index (χ0) is 24.7. The van der Waals surface area contributed by atoms with Crippen LogP contribution in [0.15, 0.2) is 36.4 Å². The van der Waals surface area contributed by atoms with Crippen LogP contribution in [0.2, 0.25) is 0 Å².